The summed E-state index contributed by atoms with van der Waals surface area (Å²) in [6.07, 6.45) is 3.58. The number of hydrogen-bond acceptors (Lipinski definition) is 6. The number of ether oxygens (including phenoxy) is 4. The predicted octanol–water partition coefficient (Wildman–Crippen LogP) is 2.75. The van der Waals surface area contributed by atoms with E-state index in [4.69, 9.17) is 23.9 Å². The average molecular weight is 449 g/mol. The minimum Gasteiger partial charge on any atom is -0.491 e. The smallest absolute Gasteiger partial charge is 0.195 e. The Hall–Kier alpha value is -1.87. The fraction of sp³-hybridized carbons (Fsp3) is 0.708. The Bertz CT molecular complexity index is 656. The maximum absolute atomic E-state index is 5.76. The number of hydrogen-bond donors (Lipinski definition) is 2. The van der Waals surface area contributed by atoms with Gasteiger partial charge in [-0.3, -0.25) is 9.89 Å². The van der Waals surface area contributed by atoms with Gasteiger partial charge in [0, 0.05) is 51.6 Å². The first-order chi connectivity index (χ1) is 15.7. The molecule has 2 N–H and O–H groups in total. The van der Waals surface area contributed by atoms with Crippen LogP contribution in [-0.2, 0) is 14.2 Å². The number of nitrogens with zero attached hydrogens (tertiary/aromatic N) is 2. The van der Waals surface area contributed by atoms with Gasteiger partial charge < -0.3 is 29.6 Å². The lowest BCUT2D eigenvalue weighted by Crippen LogP contribution is -2.42. The van der Waals surface area contributed by atoms with Crippen molar-refractivity contribution in [2.75, 3.05) is 71.1 Å². The van der Waals surface area contributed by atoms with E-state index in [0.717, 1.165) is 82.7 Å². The summed E-state index contributed by atoms with van der Waals surface area (Å²) in [6, 6.07) is 7.99. The van der Waals surface area contributed by atoms with E-state index in [1.54, 1.807) is 0 Å². The van der Waals surface area contributed by atoms with Gasteiger partial charge in [0.05, 0.1) is 32.0 Å². The van der Waals surface area contributed by atoms with Gasteiger partial charge in [0.15, 0.2) is 5.96 Å². The van der Waals surface area contributed by atoms with Crippen molar-refractivity contribution in [1.82, 2.24) is 10.2 Å². The van der Waals surface area contributed by atoms with Crippen molar-refractivity contribution in [1.29, 1.82) is 0 Å². The standard InChI is InChI=1S/C24H40N4O4/c1-20(2)32-22-8-6-21(7-9-22)27-24(26-11-12-28-13-17-29-18-14-28)25-10-4-15-30-19-23-5-3-16-31-23/h6-9,20,23H,3-5,10-19H2,1-2H3,(H2,25,26,27). The lowest BCUT2D eigenvalue weighted by Gasteiger charge is -2.26. The minimum absolute atomic E-state index is 0.162. The molecule has 1 unspecified atom stereocenters. The van der Waals surface area contributed by atoms with Crippen molar-refractivity contribution >= 4 is 11.6 Å². The summed E-state index contributed by atoms with van der Waals surface area (Å²) in [5.41, 5.74) is 0.980. The average Bonchev–Trinajstić information content (AvgIpc) is 3.31. The number of aliphatic imine (C=N–C) groups is 1. The van der Waals surface area contributed by atoms with Gasteiger partial charge in [-0.25, -0.2) is 0 Å². The highest BCUT2D eigenvalue weighted by molar-refractivity contribution is 5.93. The van der Waals surface area contributed by atoms with Gasteiger partial charge in [-0.05, 0) is 57.4 Å². The van der Waals surface area contributed by atoms with E-state index >= 15 is 0 Å². The molecule has 2 saturated heterocycles. The Morgan fingerprint density at radius 2 is 2.00 bits per heavy atom. The molecule has 32 heavy (non-hydrogen) atoms. The first kappa shape index (κ1) is 24.8. The van der Waals surface area contributed by atoms with Crippen LogP contribution in [0.2, 0.25) is 0 Å². The van der Waals surface area contributed by atoms with E-state index in [0.29, 0.717) is 19.8 Å². The molecular formula is C24H40N4O4. The summed E-state index contributed by atoms with van der Waals surface area (Å²) in [5, 5.41) is 6.87. The van der Waals surface area contributed by atoms with Gasteiger partial charge in [0.1, 0.15) is 5.75 Å². The number of benzene rings is 1. The molecule has 2 fully saturated rings. The van der Waals surface area contributed by atoms with Crippen LogP contribution in [0.3, 0.4) is 0 Å². The second kappa shape index (κ2) is 14.3. The summed E-state index contributed by atoms with van der Waals surface area (Å²) in [5.74, 6) is 1.66. The maximum Gasteiger partial charge on any atom is 0.195 e. The van der Waals surface area contributed by atoms with Crippen molar-refractivity contribution in [2.24, 2.45) is 4.99 Å². The van der Waals surface area contributed by atoms with Crippen LogP contribution in [0, 0.1) is 0 Å². The van der Waals surface area contributed by atoms with Crippen LogP contribution < -0.4 is 15.4 Å². The van der Waals surface area contributed by atoms with Crippen LogP contribution in [0.25, 0.3) is 0 Å². The zero-order valence-electron chi connectivity index (χ0n) is 19.7. The van der Waals surface area contributed by atoms with E-state index in [9.17, 15) is 0 Å². The number of anilines is 1. The normalized spacial score (nSPS) is 20.0. The van der Waals surface area contributed by atoms with Crippen LogP contribution >= 0.6 is 0 Å². The Morgan fingerprint density at radius 1 is 1.19 bits per heavy atom. The molecule has 2 aliphatic rings. The second-order valence-electron chi connectivity index (χ2n) is 8.49. The van der Waals surface area contributed by atoms with Crippen LogP contribution in [0.1, 0.15) is 33.1 Å². The van der Waals surface area contributed by atoms with Gasteiger partial charge in [-0.15, -0.1) is 0 Å². The summed E-state index contributed by atoms with van der Waals surface area (Å²) in [6.45, 7) is 12.4. The maximum atomic E-state index is 5.76. The zero-order chi connectivity index (χ0) is 22.4. The number of nitrogens with one attached hydrogen (secondary N) is 2. The molecule has 2 heterocycles. The molecule has 1 aromatic carbocycles. The fourth-order valence-electron chi connectivity index (χ4n) is 3.67. The number of morpholine rings is 1. The third-order valence-corrected chi connectivity index (χ3v) is 5.36. The quantitative estimate of drug-likeness (QED) is 0.289. The summed E-state index contributed by atoms with van der Waals surface area (Å²) in [4.78, 5) is 7.16. The van der Waals surface area contributed by atoms with E-state index in [2.05, 4.69) is 15.5 Å². The van der Waals surface area contributed by atoms with E-state index < -0.39 is 0 Å². The molecular weight excluding hydrogens is 408 g/mol. The molecule has 180 valence electrons. The fourth-order valence-corrected chi connectivity index (χ4v) is 3.67. The second-order valence-corrected chi connectivity index (χ2v) is 8.49. The van der Waals surface area contributed by atoms with E-state index in [-0.39, 0.29) is 12.2 Å². The Morgan fingerprint density at radius 3 is 2.72 bits per heavy atom. The van der Waals surface area contributed by atoms with Gasteiger partial charge in [-0.2, -0.15) is 0 Å². The summed E-state index contributed by atoms with van der Waals surface area (Å²) in [7, 11) is 0. The van der Waals surface area contributed by atoms with E-state index in [1.807, 2.05) is 38.1 Å². The molecule has 2 aliphatic heterocycles. The molecule has 0 aromatic heterocycles. The summed E-state index contributed by atoms with van der Waals surface area (Å²) < 4.78 is 22.5. The molecule has 0 radical (unpaired) electrons. The molecule has 8 nitrogen and oxygen atoms in total. The molecule has 3 rings (SSSR count). The summed E-state index contributed by atoms with van der Waals surface area (Å²) >= 11 is 0. The van der Waals surface area contributed by atoms with Crippen molar-refractivity contribution in [3.8, 4) is 5.75 Å². The number of rotatable bonds is 12. The largest absolute Gasteiger partial charge is 0.491 e. The SMILES string of the molecule is CC(C)Oc1ccc(NC(=NCCCOCC2CCCO2)NCCN2CCOCC2)cc1. The lowest BCUT2D eigenvalue weighted by atomic mass is 10.2. The molecule has 0 bridgehead atoms. The monoisotopic (exact) mass is 448 g/mol. The molecule has 0 amide bonds. The van der Waals surface area contributed by atoms with Crippen LogP contribution in [0.5, 0.6) is 5.75 Å². The molecule has 1 atom stereocenters. The first-order valence-electron chi connectivity index (χ1n) is 12.0. The van der Waals surface area contributed by atoms with Crippen molar-refractivity contribution in [3.05, 3.63) is 24.3 Å². The van der Waals surface area contributed by atoms with Crippen LogP contribution in [-0.4, -0.2) is 88.8 Å². The first-order valence-corrected chi connectivity index (χ1v) is 12.0. The highest BCUT2D eigenvalue weighted by Crippen LogP contribution is 2.17. The lowest BCUT2D eigenvalue weighted by molar-refractivity contribution is 0.0171. The van der Waals surface area contributed by atoms with Crippen molar-refractivity contribution in [2.45, 2.75) is 45.3 Å². The minimum atomic E-state index is 0.162. The van der Waals surface area contributed by atoms with Crippen LogP contribution in [0.4, 0.5) is 5.69 Å². The molecule has 8 heteroatoms. The third kappa shape index (κ3) is 9.73. The predicted molar refractivity (Wildman–Crippen MR) is 128 cm³/mol. The van der Waals surface area contributed by atoms with Gasteiger partial charge in [-0.1, -0.05) is 0 Å². The highest BCUT2D eigenvalue weighted by atomic mass is 16.5. The van der Waals surface area contributed by atoms with Crippen LogP contribution in [0.15, 0.2) is 29.3 Å². The molecule has 0 saturated carbocycles. The number of guanidine groups is 1. The molecule has 0 spiro atoms. The topological polar surface area (TPSA) is 76.6 Å². The van der Waals surface area contributed by atoms with Gasteiger partial charge in [0.25, 0.3) is 0 Å². The van der Waals surface area contributed by atoms with E-state index in [1.165, 1.54) is 0 Å². The van der Waals surface area contributed by atoms with Gasteiger partial charge in [0.2, 0.25) is 0 Å². The highest BCUT2D eigenvalue weighted by Gasteiger charge is 2.15. The Kier molecular flexibility index (Phi) is 11.1. The molecule has 0 aliphatic carbocycles. The Balaban J connectivity index is 1.44. The van der Waals surface area contributed by atoms with Crippen molar-refractivity contribution in [3.63, 3.8) is 0 Å². The Labute approximate surface area is 192 Å². The van der Waals surface area contributed by atoms with Gasteiger partial charge >= 0.3 is 0 Å². The zero-order valence-corrected chi connectivity index (χ0v) is 19.7. The van der Waals surface area contributed by atoms with Crippen molar-refractivity contribution < 1.29 is 18.9 Å². The third-order valence-electron chi connectivity index (χ3n) is 5.36. The molecule has 1 aromatic rings.